The molecule has 0 aliphatic heterocycles. The largest absolute Gasteiger partial charge is 0.292 e. The molecule has 2 heterocycles. The van der Waals surface area contributed by atoms with Crippen LogP contribution >= 0.6 is 0 Å². The standard InChI is InChI=1S/C48H32N4/c1-3-15-39(16-4-1)51-45-21-11-9-19-43(45)49-47(51)35-27-23-33(24-28-35)41-31-37-13-7-8-14-38(37)32-42(41)34-25-29-36(30-26-34)48-50-44-20-10-12-22-46(44)52(48)40-17-5-2-6-18-40/h1-32H. The Morgan fingerprint density at radius 2 is 0.654 bits per heavy atom. The number of benzene rings is 8. The summed E-state index contributed by atoms with van der Waals surface area (Å²) in [5, 5.41) is 2.42. The van der Waals surface area contributed by atoms with E-state index in [0.717, 1.165) is 67.3 Å². The Kier molecular flexibility index (Phi) is 7.10. The molecule has 244 valence electrons. The lowest BCUT2D eigenvalue weighted by molar-refractivity contribution is 1.10. The highest BCUT2D eigenvalue weighted by Gasteiger charge is 2.17. The second-order valence-corrected chi connectivity index (χ2v) is 13.1. The van der Waals surface area contributed by atoms with Crippen LogP contribution in [0.5, 0.6) is 0 Å². The van der Waals surface area contributed by atoms with Crippen molar-refractivity contribution in [2.24, 2.45) is 0 Å². The molecular weight excluding hydrogens is 633 g/mol. The van der Waals surface area contributed by atoms with E-state index in [9.17, 15) is 0 Å². The molecule has 10 rings (SSSR count). The van der Waals surface area contributed by atoms with E-state index < -0.39 is 0 Å². The SMILES string of the molecule is c1ccc(-n2c(-c3ccc(-c4cc5ccccc5cc4-c4ccc(-c5nc6ccccc6n5-c5ccccc5)cc4)cc3)nc3ccccc32)cc1. The summed E-state index contributed by atoms with van der Waals surface area (Å²) in [6, 6.07) is 68.6. The van der Waals surface area contributed by atoms with Gasteiger partial charge in [0.15, 0.2) is 0 Å². The Hall–Kier alpha value is -7.04. The van der Waals surface area contributed by atoms with Crippen molar-refractivity contribution in [3.63, 3.8) is 0 Å². The van der Waals surface area contributed by atoms with Gasteiger partial charge in [-0.1, -0.05) is 133 Å². The predicted octanol–water partition coefficient (Wildman–Crippen LogP) is 12.2. The van der Waals surface area contributed by atoms with Crippen LogP contribution in [0.3, 0.4) is 0 Å². The van der Waals surface area contributed by atoms with E-state index in [4.69, 9.17) is 9.97 Å². The van der Waals surface area contributed by atoms with Gasteiger partial charge in [0.05, 0.1) is 22.1 Å². The van der Waals surface area contributed by atoms with Crippen LogP contribution in [0, 0.1) is 0 Å². The van der Waals surface area contributed by atoms with Crippen molar-refractivity contribution < 1.29 is 0 Å². The van der Waals surface area contributed by atoms with Gasteiger partial charge in [-0.05, 0) is 93.7 Å². The van der Waals surface area contributed by atoms with Gasteiger partial charge in [-0.25, -0.2) is 9.97 Å². The molecule has 0 atom stereocenters. The highest BCUT2D eigenvalue weighted by molar-refractivity contribution is 5.97. The van der Waals surface area contributed by atoms with Crippen LogP contribution in [0.4, 0.5) is 0 Å². The molecule has 0 saturated heterocycles. The van der Waals surface area contributed by atoms with Crippen molar-refractivity contribution in [3.8, 4) is 56.4 Å². The second kappa shape index (κ2) is 12.4. The summed E-state index contributed by atoms with van der Waals surface area (Å²) in [6.07, 6.45) is 0. The van der Waals surface area contributed by atoms with Crippen LogP contribution in [-0.4, -0.2) is 19.1 Å². The van der Waals surface area contributed by atoms with Crippen molar-refractivity contribution in [1.82, 2.24) is 19.1 Å². The monoisotopic (exact) mass is 664 g/mol. The van der Waals surface area contributed by atoms with E-state index in [1.54, 1.807) is 0 Å². The van der Waals surface area contributed by atoms with Crippen LogP contribution in [-0.2, 0) is 0 Å². The molecule has 0 fully saturated rings. The van der Waals surface area contributed by atoms with Gasteiger partial charge in [-0.15, -0.1) is 0 Å². The minimum atomic E-state index is 0.926. The lowest BCUT2D eigenvalue weighted by atomic mass is 9.90. The third-order valence-electron chi connectivity index (χ3n) is 9.94. The third-order valence-corrected chi connectivity index (χ3v) is 9.94. The zero-order chi connectivity index (χ0) is 34.4. The third kappa shape index (κ3) is 5.09. The number of nitrogens with zero attached hydrogens (tertiary/aromatic N) is 4. The Bertz CT molecular complexity index is 2670. The molecule has 52 heavy (non-hydrogen) atoms. The van der Waals surface area contributed by atoms with Gasteiger partial charge in [0.2, 0.25) is 0 Å². The summed E-state index contributed by atoms with van der Waals surface area (Å²) in [6.45, 7) is 0. The molecular formula is C48H32N4. The number of rotatable bonds is 6. The van der Waals surface area contributed by atoms with Crippen LogP contribution in [0.1, 0.15) is 0 Å². The minimum absolute atomic E-state index is 0.926. The maximum Gasteiger partial charge on any atom is 0.145 e. The molecule has 0 amide bonds. The van der Waals surface area contributed by atoms with Crippen LogP contribution in [0.2, 0.25) is 0 Å². The number of imidazole rings is 2. The molecule has 0 bridgehead atoms. The van der Waals surface area contributed by atoms with Crippen LogP contribution in [0.25, 0.3) is 89.2 Å². The number of para-hydroxylation sites is 6. The van der Waals surface area contributed by atoms with Crippen LogP contribution in [0.15, 0.2) is 194 Å². The van der Waals surface area contributed by atoms with Crippen molar-refractivity contribution >= 4 is 32.8 Å². The molecule has 4 heteroatoms. The molecule has 0 N–H and O–H groups in total. The van der Waals surface area contributed by atoms with Crippen molar-refractivity contribution in [2.75, 3.05) is 0 Å². The van der Waals surface area contributed by atoms with Crippen molar-refractivity contribution in [1.29, 1.82) is 0 Å². The summed E-state index contributed by atoms with van der Waals surface area (Å²) in [5.41, 5.74) is 13.1. The first-order valence-corrected chi connectivity index (χ1v) is 17.6. The molecule has 8 aromatic carbocycles. The van der Waals surface area contributed by atoms with Gasteiger partial charge in [-0.2, -0.15) is 0 Å². The Morgan fingerprint density at radius 3 is 1.08 bits per heavy atom. The number of aromatic nitrogens is 4. The zero-order valence-electron chi connectivity index (χ0n) is 28.3. The lowest BCUT2D eigenvalue weighted by Gasteiger charge is -2.15. The van der Waals surface area contributed by atoms with Gasteiger partial charge in [0.25, 0.3) is 0 Å². The topological polar surface area (TPSA) is 35.6 Å². The van der Waals surface area contributed by atoms with Gasteiger partial charge in [-0.3, -0.25) is 9.13 Å². The first kappa shape index (κ1) is 29.8. The van der Waals surface area contributed by atoms with E-state index in [1.807, 2.05) is 24.3 Å². The summed E-state index contributed by atoms with van der Waals surface area (Å²) in [5.74, 6) is 1.85. The van der Waals surface area contributed by atoms with Gasteiger partial charge < -0.3 is 0 Å². The highest BCUT2D eigenvalue weighted by atomic mass is 15.1. The number of fused-ring (bicyclic) bond motifs is 3. The normalized spacial score (nSPS) is 11.5. The molecule has 0 saturated carbocycles. The van der Waals surface area contributed by atoms with E-state index in [0.29, 0.717) is 0 Å². The molecule has 10 aromatic rings. The first-order chi connectivity index (χ1) is 25.8. The number of hydrogen-bond acceptors (Lipinski definition) is 2. The second-order valence-electron chi connectivity index (χ2n) is 13.1. The molecule has 0 unspecified atom stereocenters. The molecule has 0 aliphatic carbocycles. The quantitative estimate of drug-likeness (QED) is 0.177. The summed E-state index contributed by atoms with van der Waals surface area (Å²) >= 11 is 0. The van der Waals surface area contributed by atoms with Gasteiger partial charge in [0, 0.05) is 22.5 Å². The lowest BCUT2D eigenvalue weighted by Crippen LogP contribution is -1.97. The zero-order valence-corrected chi connectivity index (χ0v) is 28.3. The van der Waals surface area contributed by atoms with Gasteiger partial charge in [0.1, 0.15) is 11.6 Å². The maximum absolute atomic E-state index is 5.10. The summed E-state index contributed by atoms with van der Waals surface area (Å²) < 4.78 is 4.50. The highest BCUT2D eigenvalue weighted by Crippen LogP contribution is 2.38. The smallest absolute Gasteiger partial charge is 0.145 e. The van der Waals surface area contributed by atoms with Crippen molar-refractivity contribution in [3.05, 3.63) is 194 Å². The molecule has 2 aromatic heterocycles. The fourth-order valence-electron chi connectivity index (χ4n) is 7.43. The average Bonchev–Trinajstić information content (AvgIpc) is 3.81. The summed E-state index contributed by atoms with van der Waals surface area (Å²) in [7, 11) is 0. The Balaban J connectivity index is 1.07. The Labute approximate surface area is 301 Å². The first-order valence-electron chi connectivity index (χ1n) is 17.6. The van der Waals surface area contributed by atoms with E-state index in [1.165, 1.54) is 21.9 Å². The summed E-state index contributed by atoms with van der Waals surface area (Å²) in [4.78, 5) is 10.2. The minimum Gasteiger partial charge on any atom is -0.292 e. The predicted molar refractivity (Wildman–Crippen MR) is 215 cm³/mol. The fraction of sp³-hybridized carbons (Fsp3) is 0. The van der Waals surface area contributed by atoms with E-state index in [2.05, 4.69) is 179 Å². The van der Waals surface area contributed by atoms with Crippen molar-refractivity contribution in [2.45, 2.75) is 0 Å². The molecule has 0 spiro atoms. The molecule has 4 nitrogen and oxygen atoms in total. The fourth-order valence-corrected chi connectivity index (χ4v) is 7.43. The molecule has 0 aliphatic rings. The van der Waals surface area contributed by atoms with E-state index in [-0.39, 0.29) is 0 Å². The maximum atomic E-state index is 5.10. The molecule has 0 radical (unpaired) electrons. The van der Waals surface area contributed by atoms with E-state index >= 15 is 0 Å². The average molecular weight is 665 g/mol. The number of hydrogen-bond donors (Lipinski definition) is 0. The Morgan fingerprint density at radius 1 is 0.308 bits per heavy atom. The van der Waals surface area contributed by atoms with Crippen LogP contribution < -0.4 is 0 Å². The van der Waals surface area contributed by atoms with Gasteiger partial charge >= 0.3 is 0 Å².